The third kappa shape index (κ3) is 3.77. The lowest BCUT2D eigenvalue weighted by Crippen LogP contribution is -2.45. The molecule has 3 N–H and O–H groups in total. The van der Waals surface area contributed by atoms with Gasteiger partial charge >= 0.3 is 0 Å². The number of anilines is 4. The minimum absolute atomic E-state index is 0.0515. The zero-order valence-corrected chi connectivity index (χ0v) is 17.0. The van der Waals surface area contributed by atoms with E-state index in [2.05, 4.69) is 25.5 Å². The van der Waals surface area contributed by atoms with Gasteiger partial charge in [0.25, 0.3) is 0 Å². The number of nitrogens with one attached hydrogen (secondary N) is 2. The molecule has 0 amide bonds. The Labute approximate surface area is 178 Å². The molecule has 5 rings (SSSR count). The van der Waals surface area contributed by atoms with Gasteiger partial charge in [-0.3, -0.25) is 0 Å². The zero-order chi connectivity index (χ0) is 20.8. The van der Waals surface area contributed by atoms with Gasteiger partial charge in [-0.1, -0.05) is 11.6 Å². The molecule has 2 aromatic rings. The Bertz CT molecular complexity index is 950. The van der Waals surface area contributed by atoms with Crippen molar-refractivity contribution in [2.24, 2.45) is 0 Å². The summed E-state index contributed by atoms with van der Waals surface area (Å²) < 4.78 is 28.0. The Balaban J connectivity index is 1.47. The number of hydrogen-bond acceptors (Lipinski definition) is 7. The molecule has 5 heterocycles. The molecule has 3 aliphatic rings. The first-order valence-electron chi connectivity index (χ1n) is 10.1. The monoisotopic (exact) mass is 436 g/mol. The van der Waals surface area contributed by atoms with Crippen LogP contribution in [0.1, 0.15) is 12.8 Å². The van der Waals surface area contributed by atoms with Gasteiger partial charge < -0.3 is 25.5 Å². The summed E-state index contributed by atoms with van der Waals surface area (Å²) in [6.45, 7) is 2.42. The van der Waals surface area contributed by atoms with E-state index in [-0.39, 0.29) is 17.4 Å². The smallest absolute Gasteiger partial charge is 0.147 e. The molecule has 3 fully saturated rings. The van der Waals surface area contributed by atoms with Gasteiger partial charge in [0.1, 0.15) is 29.4 Å². The maximum absolute atomic E-state index is 14.1. The Hall–Kier alpha value is -2.23. The normalized spacial score (nSPS) is 28.3. The van der Waals surface area contributed by atoms with Crippen molar-refractivity contribution in [2.75, 3.05) is 41.3 Å². The van der Waals surface area contributed by atoms with Crippen LogP contribution in [0, 0.1) is 5.82 Å². The number of piperidine rings is 1. The van der Waals surface area contributed by atoms with Gasteiger partial charge in [-0.05, 0) is 12.8 Å². The lowest BCUT2D eigenvalue weighted by Gasteiger charge is -2.35. The van der Waals surface area contributed by atoms with Crippen LogP contribution in [0.15, 0.2) is 24.4 Å². The maximum atomic E-state index is 14.1. The Morgan fingerprint density at radius 2 is 2.10 bits per heavy atom. The number of halogens is 3. The number of aliphatic hydroxyl groups is 1. The molecular weight excluding hydrogens is 414 g/mol. The molecule has 0 spiro atoms. The molecular formula is C20H23ClF2N6O. The molecule has 0 saturated carbocycles. The predicted molar refractivity (Wildman–Crippen MR) is 112 cm³/mol. The molecule has 30 heavy (non-hydrogen) atoms. The van der Waals surface area contributed by atoms with Crippen LogP contribution in [0.5, 0.6) is 0 Å². The first-order valence-corrected chi connectivity index (χ1v) is 10.5. The number of piperazine rings is 1. The highest BCUT2D eigenvalue weighted by Crippen LogP contribution is 2.34. The van der Waals surface area contributed by atoms with Gasteiger partial charge in [0, 0.05) is 55.6 Å². The van der Waals surface area contributed by atoms with Crippen molar-refractivity contribution in [3.05, 3.63) is 35.2 Å². The van der Waals surface area contributed by atoms with Gasteiger partial charge in [0.2, 0.25) is 0 Å². The molecule has 7 nitrogen and oxygen atoms in total. The number of nitrogens with zero attached hydrogens (tertiary/aromatic N) is 4. The summed E-state index contributed by atoms with van der Waals surface area (Å²) >= 11 is 5.73. The molecule has 160 valence electrons. The zero-order valence-electron chi connectivity index (χ0n) is 16.2. The average Bonchev–Trinajstić information content (AvgIpc) is 3.36. The maximum Gasteiger partial charge on any atom is 0.147 e. The third-order valence-corrected chi connectivity index (χ3v) is 6.36. The van der Waals surface area contributed by atoms with Crippen LogP contribution in [0.4, 0.5) is 31.9 Å². The van der Waals surface area contributed by atoms with Gasteiger partial charge in [-0.2, -0.15) is 0 Å². The molecule has 2 unspecified atom stereocenters. The van der Waals surface area contributed by atoms with Crippen LogP contribution in [-0.4, -0.2) is 65.6 Å². The van der Waals surface area contributed by atoms with Crippen molar-refractivity contribution < 1.29 is 13.9 Å². The molecule has 0 radical (unpaired) electrons. The number of rotatable bonds is 4. The molecule has 0 aliphatic carbocycles. The molecule has 2 aromatic heterocycles. The molecule has 3 aliphatic heterocycles. The minimum Gasteiger partial charge on any atom is -0.390 e. The summed E-state index contributed by atoms with van der Waals surface area (Å²) in [7, 11) is 0. The van der Waals surface area contributed by atoms with Crippen molar-refractivity contribution in [3.63, 3.8) is 0 Å². The van der Waals surface area contributed by atoms with Gasteiger partial charge in [-0.25, -0.2) is 18.7 Å². The standard InChI is InChI=1S/C20H23ClF2N6O/c21-14-8-25-18(6-15(14)22)26-19-4-12(29-9-11-3-13(29)7-24-11)5-20(27-19)28-2-1-17(30)16(23)10-28/h4-6,8,11,13,16-17,24,30H,1-3,7,9-10H2,(H,25,26,27)/t11?,13?,16-,17+/m1/s1. The van der Waals surface area contributed by atoms with Crippen molar-refractivity contribution in [3.8, 4) is 0 Å². The van der Waals surface area contributed by atoms with E-state index in [9.17, 15) is 13.9 Å². The quantitative estimate of drug-likeness (QED) is 0.679. The Morgan fingerprint density at radius 1 is 1.23 bits per heavy atom. The van der Waals surface area contributed by atoms with Crippen molar-refractivity contribution >= 4 is 34.7 Å². The number of hydrogen-bond donors (Lipinski definition) is 3. The molecule has 0 aromatic carbocycles. The van der Waals surface area contributed by atoms with Crippen molar-refractivity contribution in [2.45, 2.75) is 37.2 Å². The second kappa shape index (κ2) is 7.79. The highest BCUT2D eigenvalue weighted by atomic mass is 35.5. The summed E-state index contributed by atoms with van der Waals surface area (Å²) in [5.74, 6) is 0.831. The average molecular weight is 437 g/mol. The lowest BCUT2D eigenvalue weighted by atomic mass is 10.1. The first-order chi connectivity index (χ1) is 14.5. The third-order valence-electron chi connectivity index (χ3n) is 6.08. The lowest BCUT2D eigenvalue weighted by molar-refractivity contribution is 0.0614. The fourth-order valence-electron chi connectivity index (χ4n) is 4.49. The molecule has 2 bridgehead atoms. The van der Waals surface area contributed by atoms with Crippen molar-refractivity contribution in [1.82, 2.24) is 15.3 Å². The van der Waals surface area contributed by atoms with Crippen LogP contribution in [0.25, 0.3) is 0 Å². The van der Waals surface area contributed by atoms with E-state index in [1.54, 1.807) is 0 Å². The van der Waals surface area contributed by atoms with E-state index in [0.29, 0.717) is 36.7 Å². The SMILES string of the molecule is O[C@H]1CCN(c2cc(N3CC4CC3CN4)cc(Nc3cc(F)c(Cl)cn3)n2)C[C@H]1F. The van der Waals surface area contributed by atoms with E-state index in [0.717, 1.165) is 25.2 Å². The summed E-state index contributed by atoms with van der Waals surface area (Å²) in [5.41, 5.74) is 0.979. The highest BCUT2D eigenvalue weighted by Gasteiger charge is 2.38. The summed E-state index contributed by atoms with van der Waals surface area (Å²) in [5, 5.41) is 16.2. The van der Waals surface area contributed by atoms with Gasteiger partial charge in [-0.15, -0.1) is 0 Å². The van der Waals surface area contributed by atoms with Crippen LogP contribution >= 0.6 is 11.6 Å². The predicted octanol–water partition coefficient (Wildman–Crippen LogP) is 2.47. The van der Waals surface area contributed by atoms with Crippen LogP contribution < -0.4 is 20.4 Å². The van der Waals surface area contributed by atoms with E-state index in [1.165, 1.54) is 12.3 Å². The number of aromatic nitrogens is 2. The number of alkyl halides is 1. The first kappa shape index (κ1) is 19.7. The number of pyridine rings is 2. The minimum atomic E-state index is -1.32. The highest BCUT2D eigenvalue weighted by molar-refractivity contribution is 6.30. The number of aliphatic hydroxyl groups excluding tert-OH is 1. The van der Waals surface area contributed by atoms with Crippen molar-refractivity contribution in [1.29, 1.82) is 0 Å². The Kier molecular flexibility index (Phi) is 5.12. The topological polar surface area (TPSA) is 76.6 Å². The van der Waals surface area contributed by atoms with Gasteiger partial charge in [0.15, 0.2) is 0 Å². The van der Waals surface area contributed by atoms with Crippen LogP contribution in [-0.2, 0) is 0 Å². The Morgan fingerprint density at radius 3 is 2.80 bits per heavy atom. The van der Waals surface area contributed by atoms with E-state index < -0.39 is 18.1 Å². The van der Waals surface area contributed by atoms with E-state index in [4.69, 9.17) is 11.6 Å². The van der Waals surface area contributed by atoms with Gasteiger partial charge in [0.05, 0.1) is 23.9 Å². The second-order valence-electron chi connectivity index (χ2n) is 8.14. The van der Waals surface area contributed by atoms with E-state index in [1.807, 2.05) is 17.0 Å². The summed E-state index contributed by atoms with van der Waals surface area (Å²) in [6.07, 6.45) is 0.419. The fraction of sp³-hybridized carbons (Fsp3) is 0.500. The van der Waals surface area contributed by atoms with Crippen LogP contribution in [0.2, 0.25) is 5.02 Å². The molecule has 10 heteroatoms. The van der Waals surface area contributed by atoms with Crippen LogP contribution in [0.3, 0.4) is 0 Å². The van der Waals surface area contributed by atoms with E-state index >= 15 is 0 Å². The second-order valence-corrected chi connectivity index (χ2v) is 8.55. The summed E-state index contributed by atoms with van der Waals surface area (Å²) in [4.78, 5) is 12.9. The molecule has 4 atom stereocenters. The summed E-state index contributed by atoms with van der Waals surface area (Å²) in [6, 6.07) is 5.96. The number of fused-ring (bicyclic) bond motifs is 2. The molecule has 3 saturated heterocycles. The largest absolute Gasteiger partial charge is 0.390 e. The fourth-order valence-corrected chi connectivity index (χ4v) is 4.59.